The van der Waals surface area contributed by atoms with Crippen LogP contribution in [0.4, 0.5) is 0 Å². The summed E-state index contributed by atoms with van der Waals surface area (Å²) < 4.78 is 10.7. The van der Waals surface area contributed by atoms with Gasteiger partial charge in [-0.2, -0.15) is 0 Å². The summed E-state index contributed by atoms with van der Waals surface area (Å²) in [5.74, 6) is 0.846. The van der Waals surface area contributed by atoms with Crippen LogP contribution in [-0.2, 0) is 8.85 Å². The van der Waals surface area contributed by atoms with Gasteiger partial charge < -0.3 is 14.6 Å². The molecule has 1 aliphatic carbocycles. The number of hydrogen-bond acceptors (Lipinski definition) is 3. The molecule has 0 aliphatic heterocycles. The van der Waals surface area contributed by atoms with Crippen molar-refractivity contribution in [2.75, 3.05) is 13.2 Å². The van der Waals surface area contributed by atoms with E-state index in [0.29, 0.717) is 0 Å². The second kappa shape index (κ2) is 10.9. The summed E-state index contributed by atoms with van der Waals surface area (Å²) in [6.07, 6.45) is 7.51. The zero-order valence-corrected chi connectivity index (χ0v) is 17.7. The zero-order valence-electron chi connectivity index (χ0n) is 15.3. The second-order valence-electron chi connectivity index (χ2n) is 7.45. The molecule has 0 heterocycles. The van der Waals surface area contributed by atoms with Crippen molar-refractivity contribution in [2.45, 2.75) is 84.1 Å². The number of hydrogen-bond donors (Lipinski definition) is 1. The Morgan fingerprint density at radius 1 is 1.05 bits per heavy atom. The molecule has 1 saturated carbocycles. The number of nitrogens with two attached hydrogens (primary N) is 1. The lowest BCUT2D eigenvalue weighted by molar-refractivity contribution is 0.216. The van der Waals surface area contributed by atoms with Crippen molar-refractivity contribution in [1.82, 2.24) is 0 Å². The van der Waals surface area contributed by atoms with Crippen LogP contribution in [0.2, 0.25) is 19.6 Å². The van der Waals surface area contributed by atoms with Crippen molar-refractivity contribution < 1.29 is 8.85 Å². The molecule has 0 amide bonds. The smallest absolute Gasteiger partial charge is 0.304 e. The first-order chi connectivity index (χ1) is 9.77. The summed E-state index contributed by atoms with van der Waals surface area (Å²) in [5.41, 5.74) is 6.26. The van der Waals surface area contributed by atoms with Crippen molar-refractivity contribution in [2.24, 2.45) is 11.7 Å². The quantitative estimate of drug-likeness (QED) is 0.490. The fraction of sp³-hybridized carbons (Fsp3) is 1.00. The third-order valence-corrected chi connectivity index (χ3v) is 9.04. The van der Waals surface area contributed by atoms with Crippen LogP contribution >= 0.6 is 0 Å². The van der Waals surface area contributed by atoms with Gasteiger partial charge in [0.15, 0.2) is 0 Å². The lowest BCUT2D eigenvalue weighted by Crippen LogP contribution is -2.58. The SMILES string of the molecule is CC(N)(C1CC1)[Si](C)(C)C.CCCCO[SiH2]OCCCC. The average molecular weight is 334 g/mol. The highest BCUT2D eigenvalue weighted by Crippen LogP contribution is 2.42. The monoisotopic (exact) mass is 333 g/mol. The molecule has 0 saturated heterocycles. The third-order valence-electron chi connectivity index (χ3n) is 4.49. The van der Waals surface area contributed by atoms with Crippen LogP contribution < -0.4 is 5.73 Å². The van der Waals surface area contributed by atoms with Gasteiger partial charge in [0.05, 0.1) is 8.07 Å². The Balaban J connectivity index is 0.000000382. The van der Waals surface area contributed by atoms with Gasteiger partial charge in [-0.05, 0) is 38.5 Å². The van der Waals surface area contributed by atoms with E-state index in [1.54, 1.807) is 0 Å². The van der Waals surface area contributed by atoms with Crippen molar-refractivity contribution in [3.05, 3.63) is 0 Å². The van der Waals surface area contributed by atoms with E-state index in [-0.39, 0.29) is 5.16 Å². The van der Waals surface area contributed by atoms with Gasteiger partial charge >= 0.3 is 10.0 Å². The maximum Gasteiger partial charge on any atom is 0.304 e. The van der Waals surface area contributed by atoms with E-state index in [1.807, 2.05) is 0 Å². The van der Waals surface area contributed by atoms with Crippen molar-refractivity contribution in [3.63, 3.8) is 0 Å². The van der Waals surface area contributed by atoms with Crippen molar-refractivity contribution >= 4 is 18.1 Å². The molecule has 5 heteroatoms. The van der Waals surface area contributed by atoms with E-state index in [4.69, 9.17) is 14.6 Å². The maximum absolute atomic E-state index is 6.26. The van der Waals surface area contributed by atoms with E-state index >= 15 is 0 Å². The first-order valence-electron chi connectivity index (χ1n) is 8.71. The van der Waals surface area contributed by atoms with Gasteiger partial charge in [-0.25, -0.2) is 0 Å². The minimum absolute atomic E-state index is 0.188. The molecule has 1 rings (SSSR count). The van der Waals surface area contributed by atoms with Gasteiger partial charge in [-0.15, -0.1) is 0 Å². The summed E-state index contributed by atoms with van der Waals surface area (Å²) in [6.45, 7) is 15.5. The summed E-state index contributed by atoms with van der Waals surface area (Å²) in [4.78, 5) is 0. The van der Waals surface area contributed by atoms with Crippen LogP contribution in [0.5, 0.6) is 0 Å². The molecule has 2 N–H and O–H groups in total. The van der Waals surface area contributed by atoms with Crippen LogP contribution in [0.15, 0.2) is 0 Å². The molecule has 3 nitrogen and oxygen atoms in total. The summed E-state index contributed by atoms with van der Waals surface area (Å²) in [6, 6.07) is 0. The topological polar surface area (TPSA) is 44.5 Å². The largest absolute Gasteiger partial charge is 0.399 e. The predicted octanol–water partition coefficient (Wildman–Crippen LogP) is 3.61. The van der Waals surface area contributed by atoms with E-state index in [0.717, 1.165) is 19.1 Å². The lowest BCUT2D eigenvalue weighted by atomic mass is 10.2. The van der Waals surface area contributed by atoms with E-state index in [2.05, 4.69) is 40.4 Å². The minimum Gasteiger partial charge on any atom is -0.399 e. The molecule has 0 radical (unpaired) electrons. The lowest BCUT2D eigenvalue weighted by Gasteiger charge is -2.37. The predicted molar refractivity (Wildman–Crippen MR) is 98.9 cm³/mol. The van der Waals surface area contributed by atoms with Gasteiger partial charge in [0, 0.05) is 18.4 Å². The first kappa shape index (κ1) is 21.3. The molecule has 1 atom stereocenters. The highest BCUT2D eigenvalue weighted by atomic mass is 28.3. The Bertz CT molecular complexity index is 243. The van der Waals surface area contributed by atoms with E-state index < -0.39 is 18.1 Å². The molecule has 0 aromatic heterocycles. The molecule has 128 valence electrons. The fourth-order valence-corrected chi connectivity index (χ4v) is 4.24. The first-order valence-corrected chi connectivity index (χ1v) is 13.4. The Morgan fingerprint density at radius 2 is 1.48 bits per heavy atom. The Kier molecular flexibility index (Phi) is 11.1. The third kappa shape index (κ3) is 9.84. The van der Waals surface area contributed by atoms with Crippen molar-refractivity contribution in [1.29, 1.82) is 0 Å². The molecule has 1 unspecified atom stereocenters. The molecule has 0 bridgehead atoms. The molecular formula is C16H39NO2Si2. The number of unbranched alkanes of at least 4 members (excludes halogenated alkanes) is 2. The van der Waals surface area contributed by atoms with E-state index in [9.17, 15) is 0 Å². The van der Waals surface area contributed by atoms with Crippen LogP contribution in [0.1, 0.15) is 59.3 Å². The Hall–Kier alpha value is 0.314. The zero-order chi connectivity index (χ0) is 16.4. The summed E-state index contributed by atoms with van der Waals surface area (Å²) >= 11 is 0. The van der Waals surface area contributed by atoms with Crippen LogP contribution in [0.3, 0.4) is 0 Å². The molecule has 0 spiro atoms. The van der Waals surface area contributed by atoms with Crippen LogP contribution in [-0.4, -0.2) is 36.5 Å². The molecule has 1 fully saturated rings. The van der Waals surface area contributed by atoms with Gasteiger partial charge in [-0.3, -0.25) is 0 Å². The van der Waals surface area contributed by atoms with Gasteiger partial charge in [0.1, 0.15) is 0 Å². The molecule has 1 aliphatic rings. The minimum atomic E-state index is -1.11. The highest BCUT2D eigenvalue weighted by molar-refractivity contribution is 6.79. The summed E-state index contributed by atoms with van der Waals surface area (Å²) in [5, 5.41) is 0.188. The average Bonchev–Trinajstić information content (AvgIpc) is 3.22. The van der Waals surface area contributed by atoms with Crippen LogP contribution in [0, 0.1) is 5.92 Å². The van der Waals surface area contributed by atoms with Gasteiger partial charge in [0.25, 0.3) is 0 Å². The van der Waals surface area contributed by atoms with Crippen molar-refractivity contribution in [3.8, 4) is 0 Å². The second-order valence-corrected chi connectivity index (χ2v) is 14.1. The Labute approximate surface area is 136 Å². The highest BCUT2D eigenvalue weighted by Gasteiger charge is 2.46. The normalized spacial score (nSPS) is 17.9. The number of rotatable bonds is 10. The van der Waals surface area contributed by atoms with Crippen LogP contribution in [0.25, 0.3) is 0 Å². The molecule has 0 aromatic carbocycles. The van der Waals surface area contributed by atoms with Gasteiger partial charge in [0.2, 0.25) is 0 Å². The summed E-state index contributed by atoms with van der Waals surface area (Å²) in [7, 11) is -1.74. The standard InChI is InChI=1S/C8H19NSi.C8H20O2Si/c1-8(9,7-5-6-7)10(2,3)4;1-3-5-7-9-11-10-8-6-4-2/h7H,5-6,9H2,1-4H3;3-8,11H2,1-2H3. The molecule has 21 heavy (non-hydrogen) atoms. The molecule has 0 aromatic rings. The Morgan fingerprint density at radius 3 is 1.71 bits per heavy atom. The van der Waals surface area contributed by atoms with E-state index in [1.165, 1.54) is 38.5 Å². The van der Waals surface area contributed by atoms with Gasteiger partial charge in [-0.1, -0.05) is 46.3 Å². The fourth-order valence-electron chi connectivity index (χ4n) is 1.96. The maximum atomic E-state index is 6.26. The molecular weight excluding hydrogens is 294 g/mol.